The Hall–Kier alpha value is -2.19. The molecule has 2 amide bonds. The van der Waals surface area contributed by atoms with Gasteiger partial charge in [-0.1, -0.05) is 0 Å². The molecular formula is C18H24FN3O4. The van der Waals surface area contributed by atoms with Crippen molar-refractivity contribution in [2.75, 3.05) is 39.8 Å². The van der Waals surface area contributed by atoms with E-state index < -0.39 is 17.3 Å². The van der Waals surface area contributed by atoms with Gasteiger partial charge < -0.3 is 20.1 Å². The summed E-state index contributed by atoms with van der Waals surface area (Å²) in [5.74, 6) is -0.434. The molecule has 0 aromatic heterocycles. The summed E-state index contributed by atoms with van der Waals surface area (Å²) in [6.07, 6.45) is 0.953. The lowest BCUT2D eigenvalue weighted by molar-refractivity contribution is -0.161. The lowest BCUT2D eigenvalue weighted by atomic mass is 9.90. The van der Waals surface area contributed by atoms with Crippen molar-refractivity contribution >= 4 is 11.8 Å². The van der Waals surface area contributed by atoms with Crippen molar-refractivity contribution in [3.8, 4) is 5.75 Å². The minimum atomic E-state index is -1.55. The molecule has 1 aromatic rings. The summed E-state index contributed by atoms with van der Waals surface area (Å²) >= 11 is 0. The van der Waals surface area contributed by atoms with Gasteiger partial charge in [-0.3, -0.25) is 14.5 Å². The number of halogens is 1. The predicted octanol–water partition coefficient (Wildman–Crippen LogP) is 0.120. The van der Waals surface area contributed by atoms with E-state index in [2.05, 4.69) is 5.32 Å². The number of rotatable bonds is 5. The second-order valence-corrected chi connectivity index (χ2v) is 6.88. The molecule has 142 valence electrons. The van der Waals surface area contributed by atoms with Crippen molar-refractivity contribution in [2.45, 2.75) is 25.0 Å². The lowest BCUT2D eigenvalue weighted by Gasteiger charge is -2.41. The zero-order valence-corrected chi connectivity index (χ0v) is 14.8. The van der Waals surface area contributed by atoms with Crippen LogP contribution in [-0.4, -0.2) is 72.2 Å². The number of aliphatic hydroxyl groups is 1. The predicted molar refractivity (Wildman–Crippen MR) is 92.0 cm³/mol. The summed E-state index contributed by atoms with van der Waals surface area (Å²) in [6, 6.07) is 4.39. The van der Waals surface area contributed by atoms with E-state index in [-0.39, 0.29) is 25.5 Å². The number of ether oxygens (including phenoxy) is 1. The van der Waals surface area contributed by atoms with E-state index in [1.807, 2.05) is 0 Å². The molecular weight excluding hydrogens is 341 g/mol. The maximum atomic E-state index is 14.1. The molecule has 2 fully saturated rings. The van der Waals surface area contributed by atoms with Gasteiger partial charge in [0.1, 0.15) is 11.6 Å². The monoisotopic (exact) mass is 365 g/mol. The fourth-order valence-electron chi connectivity index (χ4n) is 3.56. The van der Waals surface area contributed by atoms with Gasteiger partial charge in [0.05, 0.1) is 13.7 Å². The van der Waals surface area contributed by atoms with Crippen LogP contribution in [0.1, 0.15) is 18.4 Å². The van der Waals surface area contributed by atoms with Crippen molar-refractivity contribution in [3.63, 3.8) is 0 Å². The van der Waals surface area contributed by atoms with Crippen LogP contribution < -0.4 is 10.1 Å². The van der Waals surface area contributed by atoms with Crippen molar-refractivity contribution < 1.29 is 23.8 Å². The van der Waals surface area contributed by atoms with Crippen molar-refractivity contribution in [2.24, 2.45) is 0 Å². The summed E-state index contributed by atoms with van der Waals surface area (Å²) in [4.78, 5) is 27.7. The number of nitrogens with zero attached hydrogens (tertiary/aromatic N) is 2. The Morgan fingerprint density at radius 3 is 2.88 bits per heavy atom. The van der Waals surface area contributed by atoms with Gasteiger partial charge in [-0.15, -0.1) is 0 Å². The minimum absolute atomic E-state index is 0.0741. The van der Waals surface area contributed by atoms with Gasteiger partial charge in [-0.25, -0.2) is 4.39 Å². The third kappa shape index (κ3) is 3.96. The first-order valence-electron chi connectivity index (χ1n) is 8.74. The molecule has 26 heavy (non-hydrogen) atoms. The molecule has 0 radical (unpaired) electrons. The number of methoxy groups -OCH3 is 1. The number of carbonyl (C=O) groups is 2. The van der Waals surface area contributed by atoms with E-state index in [9.17, 15) is 19.1 Å². The van der Waals surface area contributed by atoms with E-state index >= 15 is 0 Å². The quantitative estimate of drug-likeness (QED) is 0.775. The minimum Gasteiger partial charge on any atom is -0.497 e. The summed E-state index contributed by atoms with van der Waals surface area (Å²) < 4.78 is 19.2. The van der Waals surface area contributed by atoms with E-state index in [4.69, 9.17) is 4.74 Å². The Labute approximate surface area is 151 Å². The van der Waals surface area contributed by atoms with Crippen molar-refractivity contribution in [1.29, 1.82) is 0 Å². The second kappa shape index (κ2) is 7.59. The average Bonchev–Trinajstić information content (AvgIpc) is 2.61. The fourth-order valence-corrected chi connectivity index (χ4v) is 3.56. The van der Waals surface area contributed by atoms with Gasteiger partial charge in [-0.2, -0.15) is 0 Å². The molecule has 7 nitrogen and oxygen atoms in total. The van der Waals surface area contributed by atoms with Crippen LogP contribution in [0.4, 0.5) is 4.39 Å². The normalized spacial score (nSPS) is 24.5. The molecule has 1 unspecified atom stereocenters. The Balaban J connectivity index is 1.71. The van der Waals surface area contributed by atoms with Crippen LogP contribution in [0.25, 0.3) is 0 Å². The van der Waals surface area contributed by atoms with Gasteiger partial charge in [-0.05, 0) is 31.0 Å². The molecule has 0 aliphatic carbocycles. The Morgan fingerprint density at radius 2 is 2.15 bits per heavy atom. The van der Waals surface area contributed by atoms with Gasteiger partial charge in [0.15, 0.2) is 5.60 Å². The van der Waals surface area contributed by atoms with Crippen molar-refractivity contribution in [3.05, 3.63) is 29.6 Å². The lowest BCUT2D eigenvalue weighted by Crippen LogP contribution is -2.60. The summed E-state index contributed by atoms with van der Waals surface area (Å²) in [5.41, 5.74) is -1.20. The number of likely N-dealkylation sites (tertiary alicyclic amines) is 1. The standard InChI is InChI=1S/C18H24FN3O4/c1-26-14-3-4-15(19)13(9-14)10-22-7-2-5-18(25,17(22)24)12-21-8-6-20-16(23)11-21/h3-4,9,25H,2,5-8,10-12H2,1H3,(H,20,23). The number of benzene rings is 1. The SMILES string of the molecule is COc1ccc(F)c(CN2CCCC(O)(CN3CCNC(=O)C3)C2=O)c1. The highest BCUT2D eigenvalue weighted by Gasteiger charge is 2.44. The molecule has 8 heteroatoms. The van der Waals surface area contributed by atoms with Crippen molar-refractivity contribution in [1.82, 2.24) is 15.1 Å². The van der Waals surface area contributed by atoms with Crippen LogP contribution in [0.15, 0.2) is 18.2 Å². The number of β-amino-alcohol motifs (C(OH)–C–C–N with tert-alkyl or cyclic N) is 1. The number of amides is 2. The average molecular weight is 365 g/mol. The summed E-state index contributed by atoms with van der Waals surface area (Å²) in [5, 5.41) is 13.6. The molecule has 1 aromatic carbocycles. The molecule has 3 rings (SSSR count). The van der Waals surface area contributed by atoms with Gasteiger partial charge in [0.25, 0.3) is 5.91 Å². The Morgan fingerprint density at radius 1 is 1.35 bits per heavy atom. The number of hydrogen-bond acceptors (Lipinski definition) is 5. The maximum Gasteiger partial charge on any atom is 0.256 e. The van der Waals surface area contributed by atoms with Gasteiger partial charge >= 0.3 is 0 Å². The van der Waals surface area contributed by atoms with Crippen LogP contribution in [0.5, 0.6) is 5.75 Å². The number of hydrogen-bond donors (Lipinski definition) is 2. The number of nitrogens with one attached hydrogen (secondary N) is 1. The fraction of sp³-hybridized carbons (Fsp3) is 0.556. The highest BCUT2D eigenvalue weighted by molar-refractivity contribution is 5.86. The van der Waals surface area contributed by atoms with Crippen LogP contribution in [0.3, 0.4) is 0 Å². The van der Waals surface area contributed by atoms with Crippen LogP contribution in [0, 0.1) is 5.82 Å². The van der Waals surface area contributed by atoms with Gasteiger partial charge in [0.2, 0.25) is 5.91 Å². The number of carbonyl (C=O) groups excluding carboxylic acids is 2. The highest BCUT2D eigenvalue weighted by Crippen LogP contribution is 2.27. The van der Waals surface area contributed by atoms with Crippen LogP contribution in [0.2, 0.25) is 0 Å². The smallest absolute Gasteiger partial charge is 0.256 e. The van der Waals surface area contributed by atoms with Crippen LogP contribution in [-0.2, 0) is 16.1 Å². The zero-order chi connectivity index (χ0) is 18.7. The molecule has 2 heterocycles. The van der Waals surface area contributed by atoms with E-state index in [0.29, 0.717) is 43.8 Å². The molecule has 0 saturated carbocycles. The molecule has 2 saturated heterocycles. The van der Waals surface area contributed by atoms with E-state index in [1.165, 1.54) is 24.1 Å². The Kier molecular flexibility index (Phi) is 5.43. The summed E-state index contributed by atoms with van der Waals surface area (Å²) in [7, 11) is 1.50. The Bertz CT molecular complexity index is 699. The first kappa shape index (κ1) is 18.6. The number of piperidine rings is 1. The van der Waals surface area contributed by atoms with Crippen LogP contribution >= 0.6 is 0 Å². The van der Waals surface area contributed by atoms with E-state index in [1.54, 1.807) is 11.0 Å². The second-order valence-electron chi connectivity index (χ2n) is 6.88. The largest absolute Gasteiger partial charge is 0.497 e. The molecule has 0 spiro atoms. The maximum absolute atomic E-state index is 14.1. The first-order chi connectivity index (χ1) is 12.4. The third-order valence-electron chi connectivity index (χ3n) is 4.92. The molecule has 2 aliphatic heterocycles. The number of piperazine rings is 1. The topological polar surface area (TPSA) is 82.1 Å². The molecule has 0 bridgehead atoms. The molecule has 1 atom stereocenters. The highest BCUT2D eigenvalue weighted by atomic mass is 19.1. The summed E-state index contributed by atoms with van der Waals surface area (Å²) in [6.45, 7) is 1.90. The first-order valence-corrected chi connectivity index (χ1v) is 8.74. The van der Waals surface area contributed by atoms with Gasteiger partial charge in [0, 0.05) is 38.3 Å². The zero-order valence-electron chi connectivity index (χ0n) is 14.8. The molecule has 2 N–H and O–H groups in total. The van der Waals surface area contributed by atoms with E-state index in [0.717, 1.165) is 0 Å². The third-order valence-corrected chi connectivity index (χ3v) is 4.92. The molecule has 2 aliphatic rings.